The number of fused-ring (bicyclic) bond motifs is 5. The van der Waals surface area contributed by atoms with Gasteiger partial charge in [-0.05, 0) is 43.2 Å². The maximum absolute atomic E-state index is 2.59. The Bertz CT molecular complexity index is 868. The van der Waals surface area contributed by atoms with E-state index in [9.17, 15) is 0 Å². The summed E-state index contributed by atoms with van der Waals surface area (Å²) in [6.07, 6.45) is 6.01. The standard InChI is InChI=1S/C20H25N2/c1-13(2)16-8-5-7-15-11-12-21-17-9-6-10-18(17)22(14(3)4)20(21)19(15)16/h5,7-8,11-14H,6,9-10H2,1-4H3/q+1. The number of nitrogens with zero attached hydrogens (tertiary/aromatic N) is 2. The Morgan fingerprint density at radius 3 is 2.59 bits per heavy atom. The molecular formula is C20H25N2+. The molecule has 0 unspecified atom stereocenters. The highest BCUT2D eigenvalue weighted by molar-refractivity contribution is 5.96. The Morgan fingerprint density at radius 2 is 1.86 bits per heavy atom. The highest BCUT2D eigenvalue weighted by Crippen LogP contribution is 2.32. The minimum atomic E-state index is 0.502. The van der Waals surface area contributed by atoms with Gasteiger partial charge in [-0.15, -0.1) is 0 Å². The van der Waals surface area contributed by atoms with Crippen LogP contribution in [0.1, 0.15) is 63.0 Å². The Kier molecular flexibility index (Phi) is 3.04. The fourth-order valence-corrected chi connectivity index (χ4v) is 4.18. The van der Waals surface area contributed by atoms with Crippen LogP contribution in [0.2, 0.25) is 0 Å². The Balaban J connectivity index is 2.24. The Hall–Kier alpha value is -1.83. The van der Waals surface area contributed by atoms with E-state index < -0.39 is 0 Å². The van der Waals surface area contributed by atoms with Gasteiger partial charge in [0, 0.05) is 12.8 Å². The van der Waals surface area contributed by atoms with Gasteiger partial charge in [-0.1, -0.05) is 32.0 Å². The van der Waals surface area contributed by atoms with Gasteiger partial charge in [-0.25, -0.2) is 4.57 Å². The molecule has 0 atom stereocenters. The molecule has 1 aromatic carbocycles. The lowest BCUT2D eigenvalue weighted by atomic mass is 9.97. The maximum atomic E-state index is 2.59. The van der Waals surface area contributed by atoms with Crippen LogP contribution in [0.5, 0.6) is 0 Å². The third kappa shape index (κ3) is 1.76. The lowest BCUT2D eigenvalue weighted by Gasteiger charge is -2.12. The summed E-state index contributed by atoms with van der Waals surface area (Å²) >= 11 is 0. The molecule has 1 aliphatic rings. The summed E-state index contributed by atoms with van der Waals surface area (Å²) in [4.78, 5) is 0. The normalized spacial score (nSPS) is 14.6. The minimum Gasteiger partial charge on any atom is -0.224 e. The van der Waals surface area contributed by atoms with Crippen LogP contribution in [-0.4, -0.2) is 4.40 Å². The van der Waals surface area contributed by atoms with E-state index in [2.05, 4.69) is 67.1 Å². The van der Waals surface area contributed by atoms with Crippen molar-refractivity contribution < 1.29 is 4.57 Å². The average Bonchev–Trinajstić information content (AvgIpc) is 3.05. The molecule has 1 aliphatic carbocycles. The van der Waals surface area contributed by atoms with Crippen LogP contribution in [0.15, 0.2) is 30.5 Å². The fraction of sp³-hybridized carbons (Fsp3) is 0.450. The number of hydrogen-bond acceptors (Lipinski definition) is 0. The molecule has 0 aliphatic heterocycles. The van der Waals surface area contributed by atoms with Gasteiger partial charge in [-0.2, -0.15) is 4.40 Å². The van der Waals surface area contributed by atoms with Gasteiger partial charge in [0.1, 0.15) is 5.69 Å². The van der Waals surface area contributed by atoms with Gasteiger partial charge in [0.05, 0.1) is 17.6 Å². The van der Waals surface area contributed by atoms with Crippen molar-refractivity contribution in [3.8, 4) is 0 Å². The third-order valence-electron chi connectivity index (χ3n) is 5.09. The zero-order chi connectivity index (χ0) is 15.4. The summed E-state index contributed by atoms with van der Waals surface area (Å²) in [5.74, 6) is 0.542. The summed E-state index contributed by atoms with van der Waals surface area (Å²) in [6, 6.07) is 9.55. The molecule has 2 heterocycles. The zero-order valence-corrected chi connectivity index (χ0v) is 14.1. The topological polar surface area (TPSA) is 8.29 Å². The first-order valence-corrected chi connectivity index (χ1v) is 8.58. The molecule has 2 nitrogen and oxygen atoms in total. The van der Waals surface area contributed by atoms with Crippen LogP contribution in [0.25, 0.3) is 16.4 Å². The van der Waals surface area contributed by atoms with E-state index in [1.165, 1.54) is 46.9 Å². The van der Waals surface area contributed by atoms with Gasteiger partial charge < -0.3 is 0 Å². The smallest absolute Gasteiger partial charge is 0.224 e. The molecule has 0 fully saturated rings. The van der Waals surface area contributed by atoms with E-state index in [4.69, 9.17) is 0 Å². The van der Waals surface area contributed by atoms with Gasteiger partial charge in [-0.3, -0.25) is 0 Å². The second-order valence-electron chi connectivity index (χ2n) is 7.19. The lowest BCUT2D eigenvalue weighted by molar-refractivity contribution is -0.697. The molecule has 4 rings (SSSR count). The SMILES string of the molecule is CC(C)c1cccc2ccn3c4c([n+](C(C)C)c3c12)CCC4. The molecule has 22 heavy (non-hydrogen) atoms. The molecule has 0 spiro atoms. The van der Waals surface area contributed by atoms with Crippen LogP contribution in [0.3, 0.4) is 0 Å². The van der Waals surface area contributed by atoms with Crippen molar-refractivity contribution in [3.63, 3.8) is 0 Å². The van der Waals surface area contributed by atoms with Crippen molar-refractivity contribution in [2.75, 3.05) is 0 Å². The molecule has 3 aromatic rings. The number of benzene rings is 1. The van der Waals surface area contributed by atoms with Crippen LogP contribution in [-0.2, 0) is 12.8 Å². The number of aryl methyl sites for hydroxylation is 1. The largest absolute Gasteiger partial charge is 0.295 e. The average molecular weight is 293 g/mol. The van der Waals surface area contributed by atoms with Gasteiger partial charge in [0.2, 0.25) is 0 Å². The summed E-state index contributed by atoms with van der Waals surface area (Å²) in [5, 5.41) is 2.81. The lowest BCUT2D eigenvalue weighted by Crippen LogP contribution is -2.39. The molecule has 0 saturated heterocycles. The van der Waals surface area contributed by atoms with E-state index in [1.54, 1.807) is 5.69 Å². The van der Waals surface area contributed by atoms with E-state index >= 15 is 0 Å². The van der Waals surface area contributed by atoms with Crippen molar-refractivity contribution >= 4 is 16.4 Å². The van der Waals surface area contributed by atoms with Crippen molar-refractivity contribution in [2.45, 2.75) is 58.9 Å². The van der Waals surface area contributed by atoms with Crippen LogP contribution < -0.4 is 4.57 Å². The van der Waals surface area contributed by atoms with Crippen molar-refractivity contribution in [1.29, 1.82) is 0 Å². The number of aromatic nitrogens is 2. The van der Waals surface area contributed by atoms with Gasteiger partial charge in [0.25, 0.3) is 5.65 Å². The van der Waals surface area contributed by atoms with Crippen LogP contribution >= 0.6 is 0 Å². The summed E-state index contributed by atoms with van der Waals surface area (Å²) in [6.45, 7) is 9.23. The van der Waals surface area contributed by atoms with Crippen molar-refractivity contribution in [3.05, 3.63) is 47.4 Å². The van der Waals surface area contributed by atoms with E-state index in [-0.39, 0.29) is 0 Å². The number of rotatable bonds is 2. The Morgan fingerprint density at radius 1 is 1.05 bits per heavy atom. The molecule has 2 heteroatoms. The fourth-order valence-electron chi connectivity index (χ4n) is 4.18. The molecular weight excluding hydrogens is 268 g/mol. The van der Waals surface area contributed by atoms with E-state index in [0.29, 0.717) is 12.0 Å². The first-order chi connectivity index (χ1) is 10.6. The van der Waals surface area contributed by atoms with Crippen LogP contribution in [0, 0.1) is 0 Å². The Labute approximate surface area is 132 Å². The number of imidazole rings is 1. The number of hydrogen-bond donors (Lipinski definition) is 0. The molecule has 0 saturated carbocycles. The minimum absolute atomic E-state index is 0.502. The van der Waals surface area contributed by atoms with E-state index in [0.717, 1.165) is 0 Å². The van der Waals surface area contributed by atoms with Gasteiger partial charge >= 0.3 is 0 Å². The molecule has 2 aromatic heterocycles. The highest BCUT2D eigenvalue weighted by Gasteiger charge is 2.32. The monoisotopic (exact) mass is 293 g/mol. The zero-order valence-electron chi connectivity index (χ0n) is 14.1. The highest BCUT2D eigenvalue weighted by atomic mass is 15.2. The summed E-state index contributed by atoms with van der Waals surface area (Å²) in [7, 11) is 0. The quantitative estimate of drug-likeness (QED) is 0.612. The van der Waals surface area contributed by atoms with Gasteiger partial charge in [0.15, 0.2) is 5.69 Å². The molecule has 0 radical (unpaired) electrons. The third-order valence-corrected chi connectivity index (χ3v) is 5.09. The first-order valence-electron chi connectivity index (χ1n) is 8.58. The number of pyridine rings is 1. The van der Waals surface area contributed by atoms with Crippen molar-refractivity contribution in [2.24, 2.45) is 0 Å². The predicted octanol–water partition coefficient (Wildman–Crippen LogP) is 4.57. The summed E-state index contributed by atoms with van der Waals surface area (Å²) in [5.41, 5.74) is 5.96. The maximum Gasteiger partial charge on any atom is 0.295 e. The molecule has 114 valence electrons. The van der Waals surface area contributed by atoms with E-state index in [1.807, 2.05) is 0 Å². The summed E-state index contributed by atoms with van der Waals surface area (Å²) < 4.78 is 5.06. The first kappa shape index (κ1) is 13.8. The van der Waals surface area contributed by atoms with Crippen LogP contribution in [0.4, 0.5) is 0 Å². The second-order valence-corrected chi connectivity index (χ2v) is 7.19. The predicted molar refractivity (Wildman–Crippen MR) is 91.6 cm³/mol. The molecule has 0 amide bonds. The molecule has 0 bridgehead atoms. The molecule has 0 N–H and O–H groups in total. The second kappa shape index (κ2) is 4.84. The van der Waals surface area contributed by atoms with Crippen molar-refractivity contribution in [1.82, 2.24) is 4.40 Å².